The normalized spacial score (nSPS) is 20.4. The molecule has 4 N–H and O–H groups in total. The lowest BCUT2D eigenvalue weighted by Gasteiger charge is -2.41. The molecule has 362 valence electrons. The van der Waals surface area contributed by atoms with Crippen LogP contribution in [-0.2, 0) is 38.3 Å². The third kappa shape index (κ3) is 33.6. The number of unbranched alkanes of at least 4 members (excludes halogenated alkanes) is 21. The fourth-order valence-electron chi connectivity index (χ4n) is 7.31. The summed E-state index contributed by atoms with van der Waals surface area (Å²) in [5, 5.41) is 30.7. The van der Waals surface area contributed by atoms with Crippen LogP contribution in [0.25, 0.3) is 0 Å². The molecule has 0 aliphatic carbocycles. The summed E-state index contributed by atoms with van der Waals surface area (Å²) in [4.78, 5) is 12.9. The second-order valence-electron chi connectivity index (χ2n) is 16.7. The molecule has 12 nitrogen and oxygen atoms in total. The van der Waals surface area contributed by atoms with Crippen molar-refractivity contribution in [3.8, 4) is 0 Å². The van der Waals surface area contributed by atoms with Crippen molar-refractivity contribution in [3.05, 3.63) is 48.6 Å². The molecule has 0 aromatic carbocycles. The van der Waals surface area contributed by atoms with Crippen LogP contribution in [0.5, 0.6) is 0 Å². The maximum Gasteiger partial charge on any atom is 0.397 e. The Kier molecular flexibility index (Phi) is 38.0. The van der Waals surface area contributed by atoms with Gasteiger partial charge in [-0.2, -0.15) is 8.42 Å². The molecule has 0 amide bonds. The molecule has 1 aliphatic rings. The third-order valence-electron chi connectivity index (χ3n) is 11.0. The number of carbonyl (C=O) groups excluding carboxylic acids is 1. The first-order valence-electron chi connectivity index (χ1n) is 24.4. The van der Waals surface area contributed by atoms with E-state index in [1.165, 1.54) is 96.3 Å². The SMILES string of the molecule is CC/C=C\C/C=C\C/C=C\C/C=C\CCCCCCCCCCCCC(=O)OC(COCCCCCCCCCCCCCC)COC1OC(CO)C(O)C(OS(=O)(=O)O)C1O. The number of hydrogen-bond donors (Lipinski definition) is 4. The molecule has 0 saturated carbocycles. The molecule has 0 bridgehead atoms. The van der Waals surface area contributed by atoms with Crippen molar-refractivity contribution in [2.75, 3.05) is 26.4 Å². The monoisotopic (exact) mass is 901 g/mol. The molecule has 6 unspecified atom stereocenters. The number of hydrogen-bond acceptors (Lipinski definition) is 11. The van der Waals surface area contributed by atoms with Crippen molar-refractivity contribution in [1.29, 1.82) is 0 Å². The molecular formula is C49H88O12S. The van der Waals surface area contributed by atoms with Gasteiger partial charge >= 0.3 is 16.4 Å². The van der Waals surface area contributed by atoms with Gasteiger partial charge in [-0.3, -0.25) is 9.35 Å². The molecule has 1 rings (SSSR count). The van der Waals surface area contributed by atoms with Crippen LogP contribution < -0.4 is 0 Å². The van der Waals surface area contributed by atoms with Crippen LogP contribution >= 0.6 is 0 Å². The van der Waals surface area contributed by atoms with Crippen LogP contribution in [0.3, 0.4) is 0 Å². The summed E-state index contributed by atoms with van der Waals surface area (Å²) in [5.41, 5.74) is 0. The largest absolute Gasteiger partial charge is 0.457 e. The van der Waals surface area contributed by atoms with Crippen LogP contribution in [-0.4, -0.2) is 97.5 Å². The predicted molar refractivity (Wildman–Crippen MR) is 248 cm³/mol. The van der Waals surface area contributed by atoms with Gasteiger partial charge in [0.25, 0.3) is 0 Å². The van der Waals surface area contributed by atoms with Crippen LogP contribution in [0.4, 0.5) is 0 Å². The summed E-state index contributed by atoms with van der Waals surface area (Å²) in [7, 11) is -5.06. The molecule has 62 heavy (non-hydrogen) atoms. The van der Waals surface area contributed by atoms with Crippen molar-refractivity contribution < 1.29 is 56.2 Å². The topological polar surface area (TPSA) is 178 Å². The molecule has 1 saturated heterocycles. The van der Waals surface area contributed by atoms with Gasteiger partial charge in [-0.25, -0.2) is 4.18 Å². The minimum absolute atomic E-state index is 0.0357. The quantitative estimate of drug-likeness (QED) is 0.0198. The summed E-state index contributed by atoms with van der Waals surface area (Å²) in [6.07, 6.45) is 40.0. The van der Waals surface area contributed by atoms with E-state index in [4.69, 9.17) is 23.5 Å². The fourth-order valence-corrected chi connectivity index (χ4v) is 7.82. The van der Waals surface area contributed by atoms with Crippen molar-refractivity contribution in [2.24, 2.45) is 0 Å². The molecular weight excluding hydrogens is 813 g/mol. The summed E-state index contributed by atoms with van der Waals surface area (Å²) in [6.45, 7) is 3.88. The molecule has 13 heteroatoms. The van der Waals surface area contributed by atoms with Crippen LogP contribution in [0.1, 0.15) is 194 Å². The van der Waals surface area contributed by atoms with Gasteiger partial charge in [0.15, 0.2) is 6.29 Å². The Bertz CT molecular complexity index is 1270. The summed E-state index contributed by atoms with van der Waals surface area (Å²) in [5.74, 6) is -0.404. The maximum absolute atomic E-state index is 12.9. The Morgan fingerprint density at radius 2 is 1.11 bits per heavy atom. The highest BCUT2D eigenvalue weighted by Gasteiger charge is 2.48. The Balaban J connectivity index is 2.35. The number of rotatable bonds is 42. The number of allylic oxidation sites excluding steroid dienone is 8. The number of aliphatic hydroxyl groups is 3. The average Bonchev–Trinajstić information content (AvgIpc) is 3.24. The number of carbonyl (C=O) groups is 1. The van der Waals surface area contributed by atoms with E-state index in [1.54, 1.807) is 0 Å². The number of aliphatic hydroxyl groups excluding tert-OH is 3. The van der Waals surface area contributed by atoms with E-state index in [0.717, 1.165) is 70.6 Å². The van der Waals surface area contributed by atoms with E-state index in [2.05, 4.69) is 66.6 Å². The van der Waals surface area contributed by atoms with Gasteiger partial charge in [0, 0.05) is 13.0 Å². The zero-order chi connectivity index (χ0) is 45.4. The van der Waals surface area contributed by atoms with Crippen molar-refractivity contribution in [2.45, 2.75) is 230 Å². The van der Waals surface area contributed by atoms with Gasteiger partial charge in [0.05, 0.1) is 19.8 Å². The van der Waals surface area contributed by atoms with E-state index in [1.807, 2.05) is 0 Å². The highest BCUT2D eigenvalue weighted by molar-refractivity contribution is 7.80. The van der Waals surface area contributed by atoms with Crippen LogP contribution in [0.2, 0.25) is 0 Å². The van der Waals surface area contributed by atoms with Crippen molar-refractivity contribution in [1.82, 2.24) is 0 Å². The molecule has 6 atom stereocenters. The van der Waals surface area contributed by atoms with Crippen molar-refractivity contribution in [3.63, 3.8) is 0 Å². The lowest BCUT2D eigenvalue weighted by molar-refractivity contribution is -0.301. The molecule has 0 aromatic heterocycles. The van der Waals surface area contributed by atoms with E-state index in [9.17, 15) is 28.5 Å². The van der Waals surface area contributed by atoms with Gasteiger partial charge in [-0.1, -0.05) is 184 Å². The highest BCUT2D eigenvalue weighted by Crippen LogP contribution is 2.26. The second kappa shape index (κ2) is 40.6. The Morgan fingerprint density at radius 1 is 0.629 bits per heavy atom. The lowest BCUT2D eigenvalue weighted by atomic mass is 9.99. The molecule has 0 aromatic rings. The predicted octanol–water partition coefficient (Wildman–Crippen LogP) is 10.7. The number of ether oxygens (including phenoxy) is 4. The standard InChI is InChI=1S/C49H88O12S/c1-3-5-7-9-11-13-15-17-18-19-20-21-22-23-24-25-26-27-28-30-32-34-36-38-45(51)59-43(41-57-39-37-35-33-31-29-16-14-12-10-8-6-4-2)42-58-49-47(53)48(61-62(54,55)56)46(52)44(40-50)60-49/h5,7,11,13,17-18,20-21,43-44,46-50,52-53H,3-4,6,8-10,12,14-16,19,22-42H2,1-2H3,(H,54,55,56)/b7-5-,13-11-,18-17-,21-20-. The van der Waals surface area contributed by atoms with Gasteiger partial charge in [0.2, 0.25) is 0 Å². The van der Waals surface area contributed by atoms with E-state index >= 15 is 0 Å². The first kappa shape index (κ1) is 58.1. The summed E-state index contributed by atoms with van der Waals surface area (Å²) in [6, 6.07) is 0. The fraction of sp³-hybridized carbons (Fsp3) is 0.816. The highest BCUT2D eigenvalue weighted by atomic mass is 32.3. The van der Waals surface area contributed by atoms with E-state index < -0.39 is 59.8 Å². The first-order chi connectivity index (χ1) is 30.1. The molecule has 1 fully saturated rings. The molecule has 1 aliphatic heterocycles. The van der Waals surface area contributed by atoms with Gasteiger partial charge < -0.3 is 34.3 Å². The third-order valence-corrected chi connectivity index (χ3v) is 11.4. The zero-order valence-corrected chi connectivity index (χ0v) is 39.5. The smallest absolute Gasteiger partial charge is 0.397 e. The van der Waals surface area contributed by atoms with E-state index in [0.29, 0.717) is 13.0 Å². The number of esters is 1. The Hall–Kier alpha value is -1.94. The Morgan fingerprint density at radius 3 is 1.63 bits per heavy atom. The summed E-state index contributed by atoms with van der Waals surface area (Å²) >= 11 is 0. The van der Waals surface area contributed by atoms with Crippen LogP contribution in [0, 0.1) is 0 Å². The first-order valence-corrected chi connectivity index (χ1v) is 25.8. The average molecular weight is 901 g/mol. The van der Waals surface area contributed by atoms with Gasteiger partial charge in [-0.15, -0.1) is 0 Å². The lowest BCUT2D eigenvalue weighted by Crippen LogP contribution is -2.60. The van der Waals surface area contributed by atoms with Gasteiger partial charge in [0.1, 0.15) is 30.5 Å². The Labute approximate surface area is 376 Å². The molecule has 0 spiro atoms. The maximum atomic E-state index is 12.9. The second-order valence-corrected chi connectivity index (χ2v) is 17.7. The van der Waals surface area contributed by atoms with Crippen LogP contribution in [0.15, 0.2) is 48.6 Å². The molecule has 1 heterocycles. The minimum atomic E-state index is -5.06. The molecule has 0 radical (unpaired) electrons. The van der Waals surface area contributed by atoms with Crippen molar-refractivity contribution >= 4 is 16.4 Å². The van der Waals surface area contributed by atoms with E-state index in [-0.39, 0.29) is 19.6 Å². The summed E-state index contributed by atoms with van der Waals surface area (Å²) < 4.78 is 59.1. The minimum Gasteiger partial charge on any atom is -0.457 e. The van der Waals surface area contributed by atoms with Gasteiger partial charge in [-0.05, 0) is 51.4 Å². The zero-order valence-electron chi connectivity index (χ0n) is 38.7.